The molecule has 2 rings (SSSR count). The van der Waals surface area contributed by atoms with Gasteiger partial charge in [0.1, 0.15) is 12.1 Å². The van der Waals surface area contributed by atoms with E-state index in [1.165, 1.54) is 0 Å². The van der Waals surface area contributed by atoms with Crippen LogP contribution in [0.1, 0.15) is 46.0 Å². The van der Waals surface area contributed by atoms with E-state index in [0.29, 0.717) is 13.4 Å². The number of carboxylic acids is 2. The number of aliphatic imine (C=N–C) groups is 1. The van der Waals surface area contributed by atoms with Gasteiger partial charge in [-0.2, -0.15) is 0 Å². The summed E-state index contributed by atoms with van der Waals surface area (Å²) in [6.07, 6.45) is 7.24. The minimum absolute atomic E-state index is 0. The fraction of sp³-hybridized carbons (Fsp3) is 0.786. The smallest absolute Gasteiger partial charge is 0.328 e. The minimum atomic E-state index is -0.800. The van der Waals surface area contributed by atoms with Crippen LogP contribution in [0.4, 0.5) is 0 Å². The Hall–Kier alpha value is 1.15. The van der Waals surface area contributed by atoms with E-state index in [-0.39, 0.29) is 20.5 Å². The zero-order valence-corrected chi connectivity index (χ0v) is 20.7. The van der Waals surface area contributed by atoms with E-state index >= 15 is 0 Å². The third-order valence-electron chi connectivity index (χ3n) is 3.47. The molecule has 0 aromatic carbocycles. The molecule has 0 radical (unpaired) electrons. The number of nitrogens with one attached hydrogen (secondary N) is 1. The summed E-state index contributed by atoms with van der Waals surface area (Å²) in [4.78, 5) is 24.3. The SMILES string of the molecule is C.CPP(P)P(P)P.O=C(O)[C@@H]1CCCC=N1.O=C(O)[C@@H]1CCCCN1. The van der Waals surface area contributed by atoms with Crippen LogP contribution in [0.25, 0.3) is 0 Å². The highest BCUT2D eigenvalue weighted by Crippen LogP contribution is 2.90. The van der Waals surface area contributed by atoms with Crippen molar-refractivity contribution in [3.05, 3.63) is 0 Å². The van der Waals surface area contributed by atoms with Crippen molar-refractivity contribution in [3.63, 3.8) is 0 Å². The maximum atomic E-state index is 10.3. The number of carbonyl (C=O) groups is 2. The van der Waals surface area contributed by atoms with Crippen molar-refractivity contribution < 1.29 is 19.8 Å². The van der Waals surface area contributed by atoms with Crippen molar-refractivity contribution in [3.8, 4) is 0 Å². The molecular formula is C14H34N2O4P6. The normalized spacial score (nSPS) is 23.1. The van der Waals surface area contributed by atoms with Gasteiger partial charge >= 0.3 is 11.9 Å². The third kappa shape index (κ3) is 15.1. The van der Waals surface area contributed by atoms with E-state index in [0.717, 1.165) is 46.9 Å². The molecule has 1 saturated heterocycles. The van der Waals surface area contributed by atoms with Crippen molar-refractivity contribution in [1.82, 2.24) is 5.32 Å². The summed E-state index contributed by atoms with van der Waals surface area (Å²) in [5, 5.41) is 19.8. The Balaban J connectivity index is 0. The van der Waals surface area contributed by atoms with Crippen LogP contribution in [0, 0.1) is 0 Å². The van der Waals surface area contributed by atoms with Crippen LogP contribution >= 0.6 is 49.0 Å². The lowest BCUT2D eigenvalue weighted by Gasteiger charge is -2.18. The molecule has 12 heteroatoms. The number of carboxylic acid groups (broad SMARTS) is 2. The molecule has 26 heavy (non-hydrogen) atoms. The molecule has 0 aromatic heterocycles. The highest BCUT2D eigenvalue weighted by Gasteiger charge is 2.18. The van der Waals surface area contributed by atoms with Gasteiger partial charge in [-0.25, -0.2) is 4.79 Å². The van der Waals surface area contributed by atoms with Crippen molar-refractivity contribution in [2.75, 3.05) is 13.2 Å². The Morgan fingerprint density at radius 1 is 1.15 bits per heavy atom. The van der Waals surface area contributed by atoms with Crippen molar-refractivity contribution in [1.29, 1.82) is 0 Å². The molecule has 7 atom stereocenters. The van der Waals surface area contributed by atoms with Gasteiger partial charge in [-0.05, 0) is 65.5 Å². The number of piperidine rings is 1. The van der Waals surface area contributed by atoms with E-state index in [4.69, 9.17) is 10.2 Å². The second-order valence-electron chi connectivity index (χ2n) is 5.41. The molecule has 1 fully saturated rings. The predicted molar refractivity (Wildman–Crippen MR) is 131 cm³/mol. The van der Waals surface area contributed by atoms with E-state index in [2.05, 4.69) is 43.8 Å². The molecule has 0 spiro atoms. The van der Waals surface area contributed by atoms with Crippen molar-refractivity contribution in [2.24, 2.45) is 4.99 Å². The highest BCUT2D eigenvalue weighted by molar-refractivity contribution is 8.94. The fourth-order valence-corrected chi connectivity index (χ4v) is 11.3. The van der Waals surface area contributed by atoms with E-state index in [1.807, 2.05) is 0 Å². The van der Waals surface area contributed by atoms with Gasteiger partial charge in [0.05, 0.1) is 0 Å². The summed E-state index contributed by atoms with van der Waals surface area (Å²) >= 11 is 0. The summed E-state index contributed by atoms with van der Waals surface area (Å²) in [6.45, 7) is 3.63. The summed E-state index contributed by atoms with van der Waals surface area (Å²) in [5.74, 6) is -1.51. The fourth-order valence-electron chi connectivity index (χ4n) is 2.04. The first kappa shape index (κ1) is 29.4. The quantitative estimate of drug-likeness (QED) is 0.492. The summed E-state index contributed by atoms with van der Waals surface area (Å²) in [5.41, 5.74) is 0. The average molecular weight is 480 g/mol. The van der Waals surface area contributed by atoms with Gasteiger partial charge in [0.25, 0.3) is 0 Å². The molecule has 6 nitrogen and oxygen atoms in total. The maximum absolute atomic E-state index is 10.3. The van der Waals surface area contributed by atoms with Crippen LogP contribution < -0.4 is 5.32 Å². The summed E-state index contributed by atoms with van der Waals surface area (Å²) in [7, 11) is 9.76. The van der Waals surface area contributed by atoms with Crippen LogP contribution in [0.3, 0.4) is 0 Å². The summed E-state index contributed by atoms with van der Waals surface area (Å²) in [6, 6.07) is -0.738. The lowest BCUT2D eigenvalue weighted by atomic mass is 10.1. The average Bonchev–Trinajstić information content (AvgIpc) is 2.63. The molecule has 5 unspecified atom stereocenters. The van der Waals surface area contributed by atoms with E-state index in [1.54, 1.807) is 6.21 Å². The number of aliphatic carboxylic acids is 2. The molecule has 0 amide bonds. The van der Waals surface area contributed by atoms with Crippen LogP contribution in [0.2, 0.25) is 0 Å². The molecule has 3 N–H and O–H groups in total. The first-order valence-electron chi connectivity index (χ1n) is 8.01. The number of hydrogen-bond acceptors (Lipinski definition) is 4. The lowest BCUT2D eigenvalue weighted by Crippen LogP contribution is -2.40. The largest absolute Gasteiger partial charge is 0.480 e. The Morgan fingerprint density at radius 3 is 2.04 bits per heavy atom. The highest BCUT2D eigenvalue weighted by atomic mass is 33.0. The Kier molecular flexibility index (Phi) is 20.5. The second kappa shape index (κ2) is 18.2. The topological polar surface area (TPSA) is 99.0 Å². The van der Waals surface area contributed by atoms with Gasteiger partial charge in [-0.1, -0.05) is 22.1 Å². The van der Waals surface area contributed by atoms with Gasteiger partial charge in [-0.15, -0.1) is 26.8 Å². The monoisotopic (exact) mass is 480 g/mol. The molecule has 2 aliphatic heterocycles. The van der Waals surface area contributed by atoms with Gasteiger partial charge in [0.2, 0.25) is 0 Å². The van der Waals surface area contributed by atoms with Crippen LogP contribution in [-0.4, -0.2) is 53.7 Å². The number of hydrogen-bond donors (Lipinski definition) is 3. The first-order chi connectivity index (χ1) is 11.8. The van der Waals surface area contributed by atoms with Crippen LogP contribution in [0.5, 0.6) is 0 Å². The van der Waals surface area contributed by atoms with Gasteiger partial charge in [-0.3, -0.25) is 9.79 Å². The lowest BCUT2D eigenvalue weighted by molar-refractivity contribution is -0.140. The Labute approximate surface area is 168 Å². The predicted octanol–water partition coefficient (Wildman–Crippen LogP) is 5.00. The van der Waals surface area contributed by atoms with E-state index in [9.17, 15) is 9.59 Å². The molecule has 2 aliphatic rings. The van der Waals surface area contributed by atoms with Crippen molar-refractivity contribution >= 4 is 67.2 Å². The molecular weight excluding hydrogens is 446 g/mol. The number of rotatable bonds is 4. The minimum Gasteiger partial charge on any atom is -0.480 e. The molecule has 0 aliphatic carbocycles. The molecule has 154 valence electrons. The molecule has 0 bridgehead atoms. The standard InChI is InChI=1S/C6H11NO2.C6H9NO2.CH10P6.CH4/c2*8-6(9)5-3-1-2-4-7-5;1-5-7(4)6(2)3;/h5,7H,1-4H2,(H,8,9);4-5H,1-3H2,(H,8,9);5H,2-4H2,1H3;1H4/t2*5-;;/m00../s1. The molecule has 0 aromatic rings. The van der Waals surface area contributed by atoms with Gasteiger partial charge < -0.3 is 15.5 Å². The van der Waals surface area contributed by atoms with Gasteiger partial charge in [0.15, 0.2) is 0 Å². The van der Waals surface area contributed by atoms with Crippen molar-refractivity contribution in [2.45, 2.75) is 58.0 Å². The molecule has 0 saturated carbocycles. The molecule has 2 heterocycles. The first-order valence-corrected chi connectivity index (χ1v) is 18.6. The Bertz CT molecular complexity index is 422. The number of nitrogens with zero attached hydrogens (tertiary/aromatic N) is 1. The maximum Gasteiger partial charge on any atom is 0.328 e. The van der Waals surface area contributed by atoms with Gasteiger partial charge in [0, 0.05) is 0 Å². The van der Waals surface area contributed by atoms with E-state index < -0.39 is 18.0 Å². The van der Waals surface area contributed by atoms with Crippen LogP contribution in [-0.2, 0) is 9.59 Å². The zero-order valence-electron chi connectivity index (χ0n) is 14.5. The zero-order chi connectivity index (χ0) is 19.2. The Morgan fingerprint density at radius 2 is 1.81 bits per heavy atom. The third-order valence-corrected chi connectivity index (χ3v) is 29.3. The summed E-state index contributed by atoms with van der Waals surface area (Å²) < 4.78 is 0. The second-order valence-corrected chi connectivity index (χ2v) is 26.0. The van der Waals surface area contributed by atoms with Crippen LogP contribution in [0.15, 0.2) is 4.99 Å².